The van der Waals surface area contributed by atoms with Gasteiger partial charge in [0.1, 0.15) is 0 Å². The van der Waals surface area contributed by atoms with Crippen LogP contribution in [0.2, 0.25) is 0 Å². The van der Waals surface area contributed by atoms with Crippen molar-refractivity contribution in [2.24, 2.45) is 0 Å². The summed E-state index contributed by atoms with van der Waals surface area (Å²) < 4.78 is 2.62. The predicted octanol–water partition coefficient (Wildman–Crippen LogP) is 5.80. The fourth-order valence-corrected chi connectivity index (χ4v) is 5.49. The van der Waals surface area contributed by atoms with Crippen molar-refractivity contribution in [3.63, 3.8) is 0 Å². The van der Waals surface area contributed by atoms with Crippen LogP contribution in [0.5, 0.6) is 0 Å². The number of nitrogens with zero attached hydrogens (tertiary/aromatic N) is 2. The predicted molar refractivity (Wildman–Crippen MR) is 123 cm³/mol. The van der Waals surface area contributed by atoms with Gasteiger partial charge in [0.2, 0.25) is 0 Å². The van der Waals surface area contributed by atoms with Crippen LogP contribution in [0.3, 0.4) is 0 Å². The molecule has 29 heavy (non-hydrogen) atoms. The molecular weight excluding hydrogens is 468 g/mol. The molecule has 0 aliphatic carbocycles. The van der Waals surface area contributed by atoms with Gasteiger partial charge in [-0.3, -0.25) is 14.2 Å². The number of benzene rings is 2. The molecule has 146 valence electrons. The lowest BCUT2D eigenvalue weighted by Crippen LogP contribution is -2.27. The quantitative estimate of drug-likeness (QED) is 0.197. The van der Waals surface area contributed by atoms with E-state index in [2.05, 4.69) is 15.9 Å². The number of hydrogen-bond acceptors (Lipinski definition) is 5. The molecule has 0 fully saturated rings. The van der Waals surface area contributed by atoms with Gasteiger partial charge in [-0.25, -0.2) is 4.98 Å². The molecule has 0 saturated carbocycles. The zero-order valence-corrected chi connectivity index (χ0v) is 18.8. The van der Waals surface area contributed by atoms with Gasteiger partial charge in [-0.05, 0) is 52.7 Å². The summed E-state index contributed by atoms with van der Waals surface area (Å²) in [5.74, 6) is 0.242. The van der Waals surface area contributed by atoms with Crippen molar-refractivity contribution in [1.82, 2.24) is 9.55 Å². The van der Waals surface area contributed by atoms with Gasteiger partial charge in [0, 0.05) is 0 Å². The number of ketones is 1. The number of aromatic nitrogens is 2. The molecular formula is C22H17BrN2O2S2. The molecule has 0 bridgehead atoms. The summed E-state index contributed by atoms with van der Waals surface area (Å²) in [6, 6.07) is 20.7. The minimum Gasteiger partial charge on any atom is -0.292 e. The largest absolute Gasteiger partial charge is 0.292 e. The molecule has 7 heteroatoms. The normalized spacial score (nSPS) is 12.2. The lowest BCUT2D eigenvalue weighted by molar-refractivity contribution is 0.102. The number of fused-ring (bicyclic) bond motifs is 1. The average Bonchev–Trinajstić information content (AvgIpc) is 3.19. The molecule has 2 heterocycles. The minimum atomic E-state index is -0.200. The van der Waals surface area contributed by atoms with E-state index in [1.165, 1.54) is 23.1 Å². The SMILES string of the molecule is CC(c1ccccc1)n1c(SCC(=O)c2ccc(Br)s2)nc2ccccc2c1=O. The molecule has 2 aromatic heterocycles. The minimum absolute atomic E-state index is 0.0204. The van der Waals surface area contributed by atoms with E-state index in [0.29, 0.717) is 20.9 Å². The van der Waals surface area contributed by atoms with Crippen molar-refractivity contribution in [2.75, 3.05) is 5.75 Å². The number of halogens is 1. The van der Waals surface area contributed by atoms with E-state index in [4.69, 9.17) is 4.98 Å². The Morgan fingerprint density at radius 1 is 1.10 bits per heavy atom. The first kappa shape index (κ1) is 20.1. The van der Waals surface area contributed by atoms with Gasteiger partial charge >= 0.3 is 0 Å². The highest BCUT2D eigenvalue weighted by atomic mass is 79.9. The van der Waals surface area contributed by atoms with Gasteiger partial charge < -0.3 is 0 Å². The molecule has 4 aromatic rings. The fourth-order valence-electron chi connectivity index (χ4n) is 3.11. The van der Waals surface area contributed by atoms with E-state index in [0.717, 1.165) is 9.35 Å². The first-order chi connectivity index (χ1) is 14.0. The lowest BCUT2D eigenvalue weighted by Gasteiger charge is -2.19. The van der Waals surface area contributed by atoms with E-state index < -0.39 is 0 Å². The third-order valence-electron chi connectivity index (χ3n) is 4.63. The number of carbonyl (C=O) groups is 1. The molecule has 0 aliphatic heterocycles. The van der Waals surface area contributed by atoms with Crippen LogP contribution in [0, 0.1) is 0 Å². The van der Waals surface area contributed by atoms with E-state index in [1.54, 1.807) is 10.6 Å². The maximum Gasteiger partial charge on any atom is 0.262 e. The Labute approximate surface area is 184 Å². The average molecular weight is 485 g/mol. The van der Waals surface area contributed by atoms with Crippen molar-refractivity contribution in [2.45, 2.75) is 18.1 Å². The van der Waals surface area contributed by atoms with Gasteiger partial charge in [-0.1, -0.05) is 54.2 Å². The van der Waals surface area contributed by atoms with Crippen LogP contribution < -0.4 is 5.56 Å². The molecule has 0 saturated heterocycles. The van der Waals surface area contributed by atoms with E-state index in [9.17, 15) is 9.59 Å². The summed E-state index contributed by atoms with van der Waals surface area (Å²) in [6.07, 6.45) is 0. The second kappa shape index (κ2) is 8.65. The van der Waals surface area contributed by atoms with Crippen molar-refractivity contribution in [1.29, 1.82) is 0 Å². The van der Waals surface area contributed by atoms with Gasteiger partial charge in [0.25, 0.3) is 5.56 Å². The molecule has 0 radical (unpaired) electrons. The smallest absolute Gasteiger partial charge is 0.262 e. The Morgan fingerprint density at radius 3 is 2.55 bits per heavy atom. The van der Waals surface area contributed by atoms with Crippen LogP contribution in [0.1, 0.15) is 28.2 Å². The molecule has 0 spiro atoms. The molecule has 1 unspecified atom stereocenters. The zero-order chi connectivity index (χ0) is 20.4. The molecule has 4 rings (SSSR count). The molecule has 4 nitrogen and oxygen atoms in total. The Hall–Kier alpha value is -2.22. The molecule has 1 atom stereocenters. The second-order valence-electron chi connectivity index (χ2n) is 6.49. The van der Waals surface area contributed by atoms with Gasteiger partial charge in [0.05, 0.1) is 31.4 Å². The van der Waals surface area contributed by atoms with Crippen LogP contribution in [0.25, 0.3) is 10.9 Å². The summed E-state index contributed by atoms with van der Waals surface area (Å²) in [4.78, 5) is 31.3. The van der Waals surface area contributed by atoms with Crippen molar-refractivity contribution >= 4 is 55.7 Å². The van der Waals surface area contributed by atoms with Crippen molar-refractivity contribution in [3.8, 4) is 0 Å². The monoisotopic (exact) mass is 484 g/mol. The zero-order valence-electron chi connectivity index (χ0n) is 15.5. The topological polar surface area (TPSA) is 52.0 Å². The number of hydrogen-bond donors (Lipinski definition) is 0. The number of thioether (sulfide) groups is 1. The van der Waals surface area contributed by atoms with E-state index >= 15 is 0 Å². The number of Topliss-reactive ketones (excluding diaryl/α,β-unsaturated/α-hetero) is 1. The van der Waals surface area contributed by atoms with Gasteiger partial charge in [-0.2, -0.15) is 0 Å². The van der Waals surface area contributed by atoms with Crippen LogP contribution in [0.4, 0.5) is 0 Å². The first-order valence-corrected chi connectivity index (χ1v) is 11.6. The van der Waals surface area contributed by atoms with E-state index in [1.807, 2.05) is 67.6 Å². The summed E-state index contributed by atoms with van der Waals surface area (Å²) >= 11 is 6.11. The maximum absolute atomic E-state index is 13.3. The van der Waals surface area contributed by atoms with Crippen LogP contribution >= 0.6 is 39.0 Å². The fraction of sp³-hybridized carbons (Fsp3) is 0.136. The second-order valence-corrected chi connectivity index (χ2v) is 9.89. The number of rotatable bonds is 6. The summed E-state index contributed by atoms with van der Waals surface area (Å²) in [6.45, 7) is 1.98. The number of thiophene rings is 1. The standard InChI is InChI=1S/C22H17BrN2O2S2/c1-14(15-7-3-2-4-8-15)25-21(27)16-9-5-6-10-17(16)24-22(25)28-13-18(26)19-11-12-20(23)29-19/h2-12,14H,13H2,1H3. The summed E-state index contributed by atoms with van der Waals surface area (Å²) in [5, 5.41) is 1.13. The van der Waals surface area contributed by atoms with Gasteiger partial charge in [-0.15, -0.1) is 11.3 Å². The molecule has 0 N–H and O–H groups in total. The highest BCUT2D eigenvalue weighted by Gasteiger charge is 2.19. The van der Waals surface area contributed by atoms with Gasteiger partial charge in [0.15, 0.2) is 10.9 Å². The molecule has 2 aromatic carbocycles. The highest BCUT2D eigenvalue weighted by Crippen LogP contribution is 2.27. The number of carbonyl (C=O) groups excluding carboxylic acids is 1. The van der Waals surface area contributed by atoms with E-state index in [-0.39, 0.29) is 23.1 Å². The summed E-state index contributed by atoms with van der Waals surface area (Å²) in [5.41, 5.74) is 1.56. The van der Waals surface area contributed by atoms with Crippen LogP contribution in [0.15, 0.2) is 80.5 Å². The highest BCUT2D eigenvalue weighted by molar-refractivity contribution is 9.11. The van der Waals surface area contributed by atoms with Crippen LogP contribution in [-0.2, 0) is 0 Å². The first-order valence-electron chi connectivity index (χ1n) is 9.02. The molecule has 0 amide bonds. The van der Waals surface area contributed by atoms with Crippen LogP contribution in [-0.4, -0.2) is 21.1 Å². The Morgan fingerprint density at radius 2 is 1.83 bits per heavy atom. The van der Waals surface area contributed by atoms with Crippen molar-refractivity contribution in [3.05, 3.63) is 91.3 Å². The third kappa shape index (κ3) is 4.22. The Bertz CT molecular complexity index is 1230. The lowest BCUT2D eigenvalue weighted by atomic mass is 10.1. The maximum atomic E-state index is 13.3. The third-order valence-corrected chi connectivity index (χ3v) is 7.24. The molecule has 0 aliphatic rings. The van der Waals surface area contributed by atoms with Crippen molar-refractivity contribution < 1.29 is 4.79 Å². The Balaban J connectivity index is 1.75. The summed E-state index contributed by atoms with van der Waals surface area (Å²) in [7, 11) is 0. The Kier molecular flexibility index (Phi) is 5.99. The number of para-hydroxylation sites is 1.